The van der Waals surface area contributed by atoms with Crippen LogP contribution in [0.3, 0.4) is 0 Å². The largest absolute Gasteiger partial charge is 0.497 e. The quantitative estimate of drug-likeness (QED) is 0.756. The van der Waals surface area contributed by atoms with Gasteiger partial charge in [-0.1, -0.05) is 24.3 Å². The molecule has 0 unspecified atom stereocenters. The normalized spacial score (nSPS) is 16.8. The number of likely N-dealkylation sites (tertiary alicyclic amines) is 1. The second-order valence-corrected chi connectivity index (χ2v) is 6.93. The number of carbonyl (C=O) groups excluding carboxylic acids is 1. The average molecular weight is 386 g/mol. The Morgan fingerprint density at radius 2 is 2.04 bits per heavy atom. The summed E-state index contributed by atoms with van der Waals surface area (Å²) in [4.78, 5) is 14.6. The molecule has 0 spiro atoms. The van der Waals surface area contributed by atoms with Crippen LogP contribution >= 0.6 is 0 Å². The van der Waals surface area contributed by atoms with Crippen LogP contribution in [-0.2, 0) is 11.2 Å². The van der Waals surface area contributed by atoms with Crippen LogP contribution in [0.5, 0.6) is 11.5 Å². The Morgan fingerprint density at radius 3 is 2.79 bits per heavy atom. The summed E-state index contributed by atoms with van der Waals surface area (Å²) in [7, 11) is 3.27. The molecule has 0 radical (unpaired) electrons. The highest BCUT2D eigenvalue weighted by Gasteiger charge is 2.29. The van der Waals surface area contributed by atoms with E-state index in [0.29, 0.717) is 25.1 Å². The van der Waals surface area contributed by atoms with Gasteiger partial charge in [-0.15, -0.1) is 0 Å². The lowest BCUT2D eigenvalue weighted by Crippen LogP contribution is -2.37. The molecule has 0 aliphatic carbocycles. The van der Waals surface area contributed by atoms with Crippen LogP contribution in [0.4, 0.5) is 4.39 Å². The minimum absolute atomic E-state index is 0.0456. The van der Waals surface area contributed by atoms with Crippen LogP contribution in [-0.4, -0.2) is 44.7 Å². The van der Waals surface area contributed by atoms with E-state index in [-0.39, 0.29) is 17.8 Å². The first-order chi connectivity index (χ1) is 13.6. The molecule has 1 aliphatic heterocycles. The fourth-order valence-electron chi connectivity index (χ4n) is 3.74. The predicted molar refractivity (Wildman–Crippen MR) is 106 cm³/mol. The van der Waals surface area contributed by atoms with Crippen molar-refractivity contribution < 1.29 is 18.7 Å². The van der Waals surface area contributed by atoms with Gasteiger partial charge in [-0.2, -0.15) is 0 Å². The van der Waals surface area contributed by atoms with E-state index in [1.54, 1.807) is 32.4 Å². The first kappa shape index (κ1) is 20.1. The summed E-state index contributed by atoms with van der Waals surface area (Å²) in [6.07, 6.45) is 2.49. The number of amides is 1. The van der Waals surface area contributed by atoms with Gasteiger partial charge in [-0.25, -0.2) is 4.39 Å². The lowest BCUT2D eigenvalue weighted by atomic mass is 10.0. The van der Waals surface area contributed by atoms with E-state index >= 15 is 0 Å². The average Bonchev–Trinajstić information content (AvgIpc) is 3.16. The molecule has 1 saturated heterocycles. The van der Waals surface area contributed by atoms with Crippen molar-refractivity contribution in [3.8, 4) is 11.5 Å². The minimum Gasteiger partial charge on any atom is -0.497 e. The van der Waals surface area contributed by atoms with E-state index in [2.05, 4.69) is 10.2 Å². The molecule has 6 heteroatoms. The molecule has 0 aromatic heterocycles. The lowest BCUT2D eigenvalue weighted by Gasteiger charge is -2.26. The molecule has 2 aromatic rings. The lowest BCUT2D eigenvalue weighted by molar-refractivity contribution is -0.122. The molecule has 2 aromatic carbocycles. The molecule has 28 heavy (non-hydrogen) atoms. The zero-order valence-electron chi connectivity index (χ0n) is 16.4. The number of nitrogens with one attached hydrogen (secondary N) is 1. The third-order valence-corrected chi connectivity index (χ3v) is 5.18. The van der Waals surface area contributed by atoms with Gasteiger partial charge in [0.05, 0.1) is 20.8 Å². The summed E-state index contributed by atoms with van der Waals surface area (Å²) in [6, 6.07) is 12.6. The number of hydrogen-bond donors (Lipinski definition) is 1. The van der Waals surface area contributed by atoms with E-state index in [1.807, 2.05) is 18.2 Å². The van der Waals surface area contributed by atoms with Gasteiger partial charge in [0, 0.05) is 24.2 Å². The van der Waals surface area contributed by atoms with Crippen molar-refractivity contribution in [2.75, 3.05) is 33.9 Å². The summed E-state index contributed by atoms with van der Waals surface area (Å²) in [5.41, 5.74) is 1.68. The Hall–Kier alpha value is -2.60. The standard InChI is InChI=1S/C22H27FN2O3/c1-27-17-9-10-18(21(14-17)28-2)20-8-5-13-25(20)15-22(26)24-12-11-16-6-3-4-7-19(16)23/h3-4,6-7,9-10,14,20H,5,8,11-13,15H2,1-2H3,(H,24,26)/t20-/m1/s1. The van der Waals surface area contributed by atoms with Crippen LogP contribution in [0.2, 0.25) is 0 Å². The number of nitrogens with zero attached hydrogens (tertiary/aromatic N) is 1. The topological polar surface area (TPSA) is 50.8 Å². The predicted octanol–water partition coefficient (Wildman–Crippen LogP) is 3.34. The second-order valence-electron chi connectivity index (χ2n) is 6.93. The van der Waals surface area contributed by atoms with Crippen molar-refractivity contribution in [1.82, 2.24) is 10.2 Å². The third-order valence-electron chi connectivity index (χ3n) is 5.18. The smallest absolute Gasteiger partial charge is 0.234 e. The summed E-state index contributed by atoms with van der Waals surface area (Å²) in [6.45, 7) is 1.60. The Kier molecular flexibility index (Phi) is 6.87. The van der Waals surface area contributed by atoms with Gasteiger partial charge >= 0.3 is 0 Å². The van der Waals surface area contributed by atoms with Crippen LogP contribution < -0.4 is 14.8 Å². The molecule has 1 heterocycles. The zero-order chi connectivity index (χ0) is 19.9. The molecule has 150 valence electrons. The maximum Gasteiger partial charge on any atom is 0.234 e. The highest BCUT2D eigenvalue weighted by Crippen LogP contribution is 2.38. The molecule has 1 fully saturated rings. The highest BCUT2D eigenvalue weighted by atomic mass is 19.1. The maximum atomic E-state index is 13.7. The number of carbonyl (C=O) groups is 1. The summed E-state index contributed by atoms with van der Waals surface area (Å²) in [5, 5.41) is 2.91. The van der Waals surface area contributed by atoms with E-state index in [0.717, 1.165) is 36.4 Å². The molecule has 0 saturated carbocycles. The highest BCUT2D eigenvalue weighted by molar-refractivity contribution is 5.78. The van der Waals surface area contributed by atoms with Gasteiger partial charge in [-0.3, -0.25) is 9.69 Å². The Morgan fingerprint density at radius 1 is 1.21 bits per heavy atom. The van der Waals surface area contributed by atoms with Crippen molar-refractivity contribution in [2.24, 2.45) is 0 Å². The molecule has 0 bridgehead atoms. The van der Waals surface area contributed by atoms with Crippen molar-refractivity contribution >= 4 is 5.91 Å². The van der Waals surface area contributed by atoms with Gasteiger partial charge < -0.3 is 14.8 Å². The van der Waals surface area contributed by atoms with Gasteiger partial charge in [-0.05, 0) is 43.5 Å². The zero-order valence-corrected chi connectivity index (χ0v) is 16.4. The molecular weight excluding hydrogens is 359 g/mol. The monoisotopic (exact) mass is 386 g/mol. The SMILES string of the molecule is COc1ccc([C@H]2CCCN2CC(=O)NCCc2ccccc2F)c(OC)c1. The molecular formula is C22H27FN2O3. The van der Waals surface area contributed by atoms with Crippen LogP contribution in [0.25, 0.3) is 0 Å². The first-order valence-corrected chi connectivity index (χ1v) is 9.58. The summed E-state index contributed by atoms with van der Waals surface area (Å²) < 4.78 is 24.5. The van der Waals surface area contributed by atoms with Gasteiger partial charge in [0.25, 0.3) is 0 Å². The van der Waals surface area contributed by atoms with Crippen molar-refractivity contribution in [1.29, 1.82) is 0 Å². The van der Waals surface area contributed by atoms with Gasteiger partial charge in [0.2, 0.25) is 5.91 Å². The van der Waals surface area contributed by atoms with E-state index in [1.165, 1.54) is 6.07 Å². The summed E-state index contributed by atoms with van der Waals surface area (Å²) >= 11 is 0. The molecule has 1 N–H and O–H groups in total. The third kappa shape index (κ3) is 4.81. The molecule has 1 aliphatic rings. The fraction of sp³-hybridized carbons (Fsp3) is 0.409. The number of ether oxygens (including phenoxy) is 2. The van der Waals surface area contributed by atoms with Gasteiger partial charge in [0.1, 0.15) is 17.3 Å². The maximum absolute atomic E-state index is 13.7. The number of hydrogen-bond acceptors (Lipinski definition) is 4. The second kappa shape index (κ2) is 9.55. The van der Waals surface area contributed by atoms with Crippen LogP contribution in [0.15, 0.2) is 42.5 Å². The van der Waals surface area contributed by atoms with Crippen molar-refractivity contribution in [2.45, 2.75) is 25.3 Å². The molecule has 5 nitrogen and oxygen atoms in total. The number of rotatable bonds is 8. The van der Waals surface area contributed by atoms with E-state index in [4.69, 9.17) is 9.47 Å². The molecule has 3 rings (SSSR count). The van der Waals surface area contributed by atoms with Gasteiger partial charge in [0.15, 0.2) is 0 Å². The Bertz CT molecular complexity index is 812. The van der Waals surface area contributed by atoms with Crippen LogP contribution in [0, 0.1) is 5.82 Å². The van der Waals surface area contributed by atoms with Crippen molar-refractivity contribution in [3.63, 3.8) is 0 Å². The number of halogens is 1. The number of benzene rings is 2. The van der Waals surface area contributed by atoms with Crippen molar-refractivity contribution in [3.05, 3.63) is 59.4 Å². The van der Waals surface area contributed by atoms with Crippen LogP contribution in [0.1, 0.15) is 30.0 Å². The summed E-state index contributed by atoms with van der Waals surface area (Å²) in [5.74, 6) is 1.24. The molecule has 1 atom stereocenters. The van der Waals surface area contributed by atoms with E-state index in [9.17, 15) is 9.18 Å². The minimum atomic E-state index is -0.233. The first-order valence-electron chi connectivity index (χ1n) is 9.58. The van der Waals surface area contributed by atoms with E-state index < -0.39 is 0 Å². The molecule has 1 amide bonds. The Labute approximate surface area is 165 Å². The fourth-order valence-corrected chi connectivity index (χ4v) is 3.74. The Balaban J connectivity index is 1.57. The number of methoxy groups -OCH3 is 2.